The zero-order chi connectivity index (χ0) is 7.56. The maximum atomic E-state index is 9.11. The average Bonchev–Trinajstić information content (AvgIpc) is 2.30. The van der Waals surface area contributed by atoms with Crippen LogP contribution in [-0.2, 0) is 4.74 Å². The van der Waals surface area contributed by atoms with Gasteiger partial charge in [-0.3, -0.25) is 0 Å². The number of hydrogen-bond acceptors (Lipinski definition) is 2. The molecular weight excluding hydrogens is 128 g/mol. The lowest BCUT2D eigenvalue weighted by molar-refractivity contribution is -0.0925. The van der Waals surface area contributed by atoms with E-state index < -0.39 is 6.29 Å². The van der Waals surface area contributed by atoms with Crippen molar-refractivity contribution in [1.82, 2.24) is 0 Å². The van der Waals surface area contributed by atoms with Crippen molar-refractivity contribution in [2.75, 3.05) is 0 Å². The van der Waals surface area contributed by atoms with Gasteiger partial charge in [0, 0.05) is 6.42 Å². The largest absolute Gasteiger partial charge is 0.368 e. The molecule has 1 aliphatic rings. The summed E-state index contributed by atoms with van der Waals surface area (Å²) in [6.07, 6.45) is 2.79. The predicted octanol–water partition coefficient (Wildman–Crippen LogP) is 1.53. The molecule has 0 aromatic rings. The fraction of sp³-hybridized carbons (Fsp3) is 1.00. The molecule has 1 N–H and O–H groups in total. The molecule has 1 saturated heterocycles. The van der Waals surface area contributed by atoms with Crippen molar-refractivity contribution in [3.63, 3.8) is 0 Å². The second kappa shape index (κ2) is 3.35. The molecule has 1 rings (SSSR count). The van der Waals surface area contributed by atoms with Crippen molar-refractivity contribution in [3.05, 3.63) is 0 Å². The molecule has 0 radical (unpaired) electrons. The van der Waals surface area contributed by atoms with Crippen molar-refractivity contribution < 1.29 is 9.84 Å². The van der Waals surface area contributed by atoms with E-state index in [-0.39, 0.29) is 0 Å². The van der Waals surface area contributed by atoms with Crippen molar-refractivity contribution in [1.29, 1.82) is 0 Å². The predicted molar refractivity (Wildman–Crippen MR) is 39.6 cm³/mol. The van der Waals surface area contributed by atoms with Gasteiger partial charge in [-0.05, 0) is 12.3 Å². The van der Waals surface area contributed by atoms with Gasteiger partial charge in [0.05, 0.1) is 6.10 Å². The SMILES string of the molecule is CC[C@@H]1CC(O)O[C@H]1CC. The van der Waals surface area contributed by atoms with E-state index in [0.717, 1.165) is 19.3 Å². The molecule has 0 aromatic carbocycles. The molecule has 0 bridgehead atoms. The molecule has 0 amide bonds. The number of rotatable bonds is 2. The van der Waals surface area contributed by atoms with E-state index in [9.17, 15) is 0 Å². The summed E-state index contributed by atoms with van der Waals surface area (Å²) in [4.78, 5) is 0. The third-order valence-electron chi connectivity index (χ3n) is 2.29. The Kier molecular flexibility index (Phi) is 2.69. The van der Waals surface area contributed by atoms with Crippen LogP contribution >= 0.6 is 0 Å². The van der Waals surface area contributed by atoms with Crippen LogP contribution in [0.5, 0.6) is 0 Å². The van der Waals surface area contributed by atoms with Gasteiger partial charge in [0.25, 0.3) is 0 Å². The van der Waals surface area contributed by atoms with E-state index in [1.165, 1.54) is 0 Å². The second-order valence-electron chi connectivity index (χ2n) is 2.94. The Labute approximate surface area is 62.2 Å². The van der Waals surface area contributed by atoms with Crippen LogP contribution in [0.25, 0.3) is 0 Å². The zero-order valence-corrected chi connectivity index (χ0v) is 6.71. The van der Waals surface area contributed by atoms with E-state index in [1.54, 1.807) is 0 Å². The molecular formula is C8H16O2. The summed E-state index contributed by atoms with van der Waals surface area (Å²) in [6.45, 7) is 4.25. The summed E-state index contributed by atoms with van der Waals surface area (Å²) in [6, 6.07) is 0. The van der Waals surface area contributed by atoms with E-state index in [2.05, 4.69) is 13.8 Å². The van der Waals surface area contributed by atoms with E-state index >= 15 is 0 Å². The lowest BCUT2D eigenvalue weighted by Gasteiger charge is -2.12. The highest BCUT2D eigenvalue weighted by Crippen LogP contribution is 2.29. The monoisotopic (exact) mass is 144 g/mol. The van der Waals surface area contributed by atoms with Crippen LogP contribution in [0, 0.1) is 5.92 Å². The maximum Gasteiger partial charge on any atom is 0.155 e. The molecule has 1 aliphatic heterocycles. The minimum Gasteiger partial charge on any atom is -0.368 e. The average molecular weight is 144 g/mol. The summed E-state index contributed by atoms with van der Waals surface area (Å²) < 4.78 is 5.27. The zero-order valence-electron chi connectivity index (χ0n) is 6.71. The summed E-state index contributed by atoms with van der Waals surface area (Å²) in [7, 11) is 0. The molecule has 0 saturated carbocycles. The fourth-order valence-corrected chi connectivity index (χ4v) is 1.64. The Bertz CT molecular complexity index is 91.4. The first kappa shape index (κ1) is 8.02. The highest BCUT2D eigenvalue weighted by Gasteiger charge is 2.30. The fourth-order valence-electron chi connectivity index (χ4n) is 1.64. The van der Waals surface area contributed by atoms with Gasteiger partial charge in [-0.2, -0.15) is 0 Å². The first-order valence-electron chi connectivity index (χ1n) is 4.11. The molecule has 2 nitrogen and oxygen atoms in total. The molecule has 2 heteroatoms. The Morgan fingerprint density at radius 2 is 2.10 bits per heavy atom. The third-order valence-corrected chi connectivity index (χ3v) is 2.29. The van der Waals surface area contributed by atoms with Gasteiger partial charge >= 0.3 is 0 Å². The van der Waals surface area contributed by atoms with Crippen LogP contribution in [0.3, 0.4) is 0 Å². The standard InChI is InChI=1S/C8H16O2/c1-3-6-5-8(9)10-7(6)4-2/h6-9H,3-5H2,1-2H3/t6-,7+,8?/m1/s1. The Morgan fingerprint density at radius 3 is 2.50 bits per heavy atom. The van der Waals surface area contributed by atoms with E-state index in [4.69, 9.17) is 9.84 Å². The lowest BCUT2D eigenvalue weighted by Crippen LogP contribution is -2.13. The second-order valence-corrected chi connectivity index (χ2v) is 2.94. The summed E-state index contributed by atoms with van der Waals surface area (Å²) in [5.41, 5.74) is 0. The number of aliphatic hydroxyl groups is 1. The van der Waals surface area contributed by atoms with Crippen LogP contribution in [0.4, 0.5) is 0 Å². The lowest BCUT2D eigenvalue weighted by atomic mass is 9.97. The first-order valence-corrected chi connectivity index (χ1v) is 4.11. The van der Waals surface area contributed by atoms with Crippen LogP contribution in [0.2, 0.25) is 0 Å². The number of hydrogen-bond donors (Lipinski definition) is 1. The third kappa shape index (κ3) is 1.50. The molecule has 10 heavy (non-hydrogen) atoms. The van der Waals surface area contributed by atoms with Gasteiger partial charge in [0.15, 0.2) is 6.29 Å². The smallest absolute Gasteiger partial charge is 0.155 e. The molecule has 0 spiro atoms. The summed E-state index contributed by atoms with van der Waals surface area (Å²) >= 11 is 0. The Hall–Kier alpha value is -0.0800. The molecule has 60 valence electrons. The van der Waals surface area contributed by atoms with Crippen LogP contribution < -0.4 is 0 Å². The number of ether oxygens (including phenoxy) is 1. The van der Waals surface area contributed by atoms with Gasteiger partial charge in [0.1, 0.15) is 0 Å². The molecule has 0 aromatic heterocycles. The topological polar surface area (TPSA) is 29.5 Å². The minimum atomic E-state index is -0.491. The van der Waals surface area contributed by atoms with Gasteiger partial charge in [-0.15, -0.1) is 0 Å². The van der Waals surface area contributed by atoms with Crippen molar-refractivity contribution in [3.8, 4) is 0 Å². The normalized spacial score (nSPS) is 40.5. The molecule has 3 atom stereocenters. The Morgan fingerprint density at radius 1 is 1.40 bits per heavy atom. The minimum absolute atomic E-state index is 0.306. The molecule has 1 unspecified atom stereocenters. The van der Waals surface area contributed by atoms with Gasteiger partial charge in [-0.1, -0.05) is 20.3 Å². The van der Waals surface area contributed by atoms with Gasteiger partial charge < -0.3 is 9.84 Å². The highest BCUT2D eigenvalue weighted by molar-refractivity contribution is 4.75. The van der Waals surface area contributed by atoms with E-state index in [1.807, 2.05) is 0 Å². The van der Waals surface area contributed by atoms with Gasteiger partial charge in [-0.25, -0.2) is 0 Å². The van der Waals surface area contributed by atoms with E-state index in [0.29, 0.717) is 12.0 Å². The van der Waals surface area contributed by atoms with Crippen LogP contribution in [-0.4, -0.2) is 17.5 Å². The van der Waals surface area contributed by atoms with Crippen molar-refractivity contribution in [2.45, 2.75) is 45.5 Å². The van der Waals surface area contributed by atoms with Crippen molar-refractivity contribution >= 4 is 0 Å². The number of aliphatic hydroxyl groups excluding tert-OH is 1. The maximum absolute atomic E-state index is 9.11. The first-order chi connectivity index (χ1) is 4.77. The van der Waals surface area contributed by atoms with Crippen molar-refractivity contribution in [2.24, 2.45) is 5.92 Å². The Balaban J connectivity index is 2.41. The van der Waals surface area contributed by atoms with Crippen LogP contribution in [0.1, 0.15) is 33.1 Å². The quantitative estimate of drug-likeness (QED) is 0.637. The molecule has 1 fully saturated rings. The molecule has 1 heterocycles. The summed E-state index contributed by atoms with van der Waals surface area (Å²) in [5.74, 6) is 0.583. The summed E-state index contributed by atoms with van der Waals surface area (Å²) in [5, 5.41) is 9.11. The van der Waals surface area contributed by atoms with Gasteiger partial charge in [0.2, 0.25) is 0 Å². The van der Waals surface area contributed by atoms with Crippen LogP contribution in [0.15, 0.2) is 0 Å². The highest BCUT2D eigenvalue weighted by atomic mass is 16.6. The molecule has 0 aliphatic carbocycles.